The summed E-state index contributed by atoms with van der Waals surface area (Å²) in [5.74, 6) is -2.39. The van der Waals surface area contributed by atoms with Crippen molar-refractivity contribution in [2.24, 2.45) is 0 Å². The van der Waals surface area contributed by atoms with E-state index in [9.17, 15) is 18.4 Å². The molecule has 0 radical (unpaired) electrons. The van der Waals surface area contributed by atoms with Gasteiger partial charge in [-0.1, -0.05) is 6.07 Å². The van der Waals surface area contributed by atoms with Crippen LogP contribution in [0.3, 0.4) is 0 Å². The van der Waals surface area contributed by atoms with Crippen molar-refractivity contribution in [1.82, 2.24) is 5.32 Å². The van der Waals surface area contributed by atoms with Crippen LogP contribution >= 0.6 is 0 Å². The molecule has 0 bridgehead atoms. The van der Waals surface area contributed by atoms with Gasteiger partial charge >= 0.3 is 0 Å². The number of hydrogen-bond acceptors (Lipinski definition) is 2. The first kappa shape index (κ1) is 14.1. The summed E-state index contributed by atoms with van der Waals surface area (Å²) in [5.41, 5.74) is -0.393. The Kier molecular flexibility index (Phi) is 4.76. The van der Waals surface area contributed by atoms with Crippen molar-refractivity contribution in [1.29, 1.82) is 0 Å². The minimum Gasteiger partial charge on any atom is -0.355 e. The van der Waals surface area contributed by atoms with Crippen LogP contribution in [0.4, 0.5) is 14.5 Å². The third kappa shape index (κ3) is 3.51. The number of rotatable bonds is 4. The van der Waals surface area contributed by atoms with Gasteiger partial charge in [0.25, 0.3) is 0 Å². The van der Waals surface area contributed by atoms with Crippen LogP contribution in [-0.4, -0.2) is 24.9 Å². The molecular formula is C12H14F2N2O2. The lowest BCUT2D eigenvalue weighted by Gasteiger charge is -2.22. The van der Waals surface area contributed by atoms with Gasteiger partial charge in [-0.25, -0.2) is 8.78 Å². The lowest BCUT2D eigenvalue weighted by Crippen LogP contribution is -2.37. The monoisotopic (exact) mass is 256 g/mol. The molecule has 6 heteroatoms. The number of amides is 2. The van der Waals surface area contributed by atoms with Crippen molar-refractivity contribution in [2.45, 2.75) is 13.8 Å². The molecule has 1 aromatic carbocycles. The van der Waals surface area contributed by atoms with Crippen LogP contribution in [0.2, 0.25) is 0 Å². The van der Waals surface area contributed by atoms with Crippen molar-refractivity contribution < 1.29 is 18.4 Å². The molecule has 0 heterocycles. The first-order valence-corrected chi connectivity index (χ1v) is 5.40. The topological polar surface area (TPSA) is 49.4 Å². The predicted octanol–water partition coefficient (Wildman–Crippen LogP) is 1.45. The van der Waals surface area contributed by atoms with Crippen LogP contribution in [0, 0.1) is 11.6 Å². The Balaban J connectivity index is 2.91. The molecule has 0 aliphatic carbocycles. The summed E-state index contributed by atoms with van der Waals surface area (Å²) in [7, 11) is 0. The van der Waals surface area contributed by atoms with Crippen molar-refractivity contribution in [2.75, 3.05) is 18.0 Å². The summed E-state index contributed by atoms with van der Waals surface area (Å²) in [5, 5.41) is 2.46. The van der Waals surface area contributed by atoms with Gasteiger partial charge < -0.3 is 10.2 Å². The molecule has 0 unspecified atom stereocenters. The SMILES string of the molecule is CC(=O)NCCN(C(C)=O)c1c(F)cccc1F. The van der Waals surface area contributed by atoms with E-state index in [-0.39, 0.29) is 19.0 Å². The third-order valence-electron chi connectivity index (χ3n) is 2.30. The second-order valence-corrected chi connectivity index (χ2v) is 3.72. The Labute approximate surface area is 104 Å². The molecule has 0 atom stereocenters. The summed E-state index contributed by atoms with van der Waals surface area (Å²) >= 11 is 0. The van der Waals surface area contributed by atoms with Crippen molar-refractivity contribution in [3.8, 4) is 0 Å². The summed E-state index contributed by atoms with van der Waals surface area (Å²) in [6, 6.07) is 3.37. The number of carbonyl (C=O) groups excluding carboxylic acids is 2. The standard InChI is InChI=1S/C12H14F2N2O2/c1-8(17)15-6-7-16(9(2)18)12-10(13)4-3-5-11(12)14/h3-5H,6-7H2,1-2H3,(H,15,17). The van der Waals surface area contributed by atoms with Crippen LogP contribution in [0.1, 0.15) is 13.8 Å². The largest absolute Gasteiger partial charge is 0.355 e. The fourth-order valence-electron chi connectivity index (χ4n) is 1.52. The van der Waals surface area contributed by atoms with Gasteiger partial charge in [-0.05, 0) is 12.1 Å². The van der Waals surface area contributed by atoms with Gasteiger partial charge in [0.1, 0.15) is 17.3 Å². The predicted molar refractivity (Wildman–Crippen MR) is 63.1 cm³/mol. The first-order chi connectivity index (χ1) is 8.43. The fourth-order valence-corrected chi connectivity index (χ4v) is 1.52. The Morgan fingerprint density at radius 3 is 2.22 bits per heavy atom. The Bertz CT molecular complexity index is 443. The van der Waals surface area contributed by atoms with E-state index in [2.05, 4.69) is 5.32 Å². The van der Waals surface area contributed by atoms with Gasteiger partial charge in [-0.2, -0.15) is 0 Å². The highest BCUT2D eigenvalue weighted by Crippen LogP contribution is 2.22. The summed E-state index contributed by atoms with van der Waals surface area (Å²) in [4.78, 5) is 23.1. The zero-order chi connectivity index (χ0) is 13.7. The first-order valence-electron chi connectivity index (χ1n) is 5.40. The second-order valence-electron chi connectivity index (χ2n) is 3.72. The Hall–Kier alpha value is -1.98. The number of anilines is 1. The van der Waals surface area contributed by atoms with Crippen LogP contribution < -0.4 is 10.2 Å². The molecule has 0 saturated heterocycles. The molecule has 0 spiro atoms. The minimum atomic E-state index is -0.812. The molecule has 1 rings (SSSR count). The van der Waals surface area contributed by atoms with Gasteiger partial charge in [0, 0.05) is 26.9 Å². The van der Waals surface area contributed by atoms with Gasteiger partial charge in [0.2, 0.25) is 11.8 Å². The van der Waals surface area contributed by atoms with Crippen molar-refractivity contribution in [3.05, 3.63) is 29.8 Å². The van der Waals surface area contributed by atoms with E-state index < -0.39 is 23.2 Å². The average Bonchev–Trinajstić information content (AvgIpc) is 2.25. The number of para-hydroxylation sites is 1. The summed E-state index contributed by atoms with van der Waals surface area (Å²) in [6.07, 6.45) is 0. The van der Waals surface area contributed by atoms with E-state index in [1.165, 1.54) is 19.9 Å². The quantitative estimate of drug-likeness (QED) is 0.886. The van der Waals surface area contributed by atoms with Crippen molar-refractivity contribution >= 4 is 17.5 Å². The maximum atomic E-state index is 13.5. The number of nitrogens with one attached hydrogen (secondary N) is 1. The molecule has 98 valence electrons. The maximum Gasteiger partial charge on any atom is 0.224 e. The molecule has 18 heavy (non-hydrogen) atoms. The smallest absolute Gasteiger partial charge is 0.224 e. The zero-order valence-corrected chi connectivity index (χ0v) is 10.2. The molecule has 2 amide bonds. The molecule has 1 aromatic rings. The average molecular weight is 256 g/mol. The summed E-state index contributed by atoms with van der Waals surface area (Å²) in [6.45, 7) is 2.66. The van der Waals surface area contributed by atoms with Gasteiger partial charge in [-0.15, -0.1) is 0 Å². The zero-order valence-electron chi connectivity index (χ0n) is 10.2. The van der Waals surface area contributed by atoms with E-state index in [0.717, 1.165) is 17.0 Å². The van der Waals surface area contributed by atoms with E-state index >= 15 is 0 Å². The highest BCUT2D eigenvalue weighted by Gasteiger charge is 2.19. The highest BCUT2D eigenvalue weighted by atomic mass is 19.1. The van der Waals surface area contributed by atoms with Gasteiger partial charge in [0.15, 0.2) is 0 Å². The molecule has 0 aliphatic rings. The number of hydrogen-bond donors (Lipinski definition) is 1. The van der Waals surface area contributed by atoms with E-state index in [1.807, 2.05) is 0 Å². The molecule has 0 saturated carbocycles. The maximum absolute atomic E-state index is 13.5. The molecule has 0 aliphatic heterocycles. The number of halogens is 2. The lowest BCUT2D eigenvalue weighted by atomic mass is 10.2. The molecule has 1 N–H and O–H groups in total. The third-order valence-corrected chi connectivity index (χ3v) is 2.30. The number of benzene rings is 1. The second kappa shape index (κ2) is 6.09. The molecule has 0 aromatic heterocycles. The number of carbonyl (C=O) groups is 2. The van der Waals surface area contributed by atoms with Gasteiger partial charge in [-0.3, -0.25) is 9.59 Å². The van der Waals surface area contributed by atoms with Crippen LogP contribution in [0.15, 0.2) is 18.2 Å². The Morgan fingerprint density at radius 1 is 1.22 bits per heavy atom. The summed E-state index contributed by atoms with van der Waals surface area (Å²) < 4.78 is 27.1. The van der Waals surface area contributed by atoms with Crippen LogP contribution in [0.25, 0.3) is 0 Å². The van der Waals surface area contributed by atoms with Crippen LogP contribution in [-0.2, 0) is 9.59 Å². The lowest BCUT2D eigenvalue weighted by molar-refractivity contribution is -0.119. The molecular weight excluding hydrogens is 242 g/mol. The van der Waals surface area contributed by atoms with E-state index in [4.69, 9.17) is 0 Å². The van der Waals surface area contributed by atoms with E-state index in [0.29, 0.717) is 0 Å². The van der Waals surface area contributed by atoms with E-state index in [1.54, 1.807) is 0 Å². The highest BCUT2D eigenvalue weighted by molar-refractivity contribution is 5.91. The van der Waals surface area contributed by atoms with Gasteiger partial charge in [0.05, 0.1) is 0 Å². The molecule has 0 fully saturated rings. The minimum absolute atomic E-state index is 0.00671. The normalized spacial score (nSPS) is 10.0. The fraction of sp³-hybridized carbons (Fsp3) is 0.333. The van der Waals surface area contributed by atoms with Crippen molar-refractivity contribution in [3.63, 3.8) is 0 Å². The Morgan fingerprint density at radius 2 is 1.78 bits per heavy atom. The van der Waals surface area contributed by atoms with Crippen LogP contribution in [0.5, 0.6) is 0 Å². The number of nitrogens with zero attached hydrogens (tertiary/aromatic N) is 1. The molecule has 4 nitrogen and oxygen atoms in total.